The van der Waals surface area contributed by atoms with Crippen LogP contribution in [0, 0.1) is 0 Å². The van der Waals surface area contributed by atoms with E-state index in [1.165, 1.54) is 5.56 Å². The smallest absolute Gasteiger partial charge is 0.0925 e. The number of nitrogens with one attached hydrogen (secondary N) is 1. The van der Waals surface area contributed by atoms with Gasteiger partial charge in [0, 0.05) is 25.1 Å². The molecule has 0 aliphatic carbocycles. The second-order valence-corrected chi connectivity index (χ2v) is 3.46. The molecule has 1 aromatic carbocycles. The summed E-state index contributed by atoms with van der Waals surface area (Å²) in [6, 6.07) is 10.2. The zero-order chi connectivity index (χ0) is 10.5. The number of hydrogen-bond donors (Lipinski definition) is 2. The molecule has 0 spiro atoms. The van der Waals surface area contributed by atoms with Gasteiger partial charge >= 0.3 is 0 Å². The lowest BCUT2D eigenvalue weighted by molar-refractivity contribution is 0.298. The number of aliphatic hydroxyl groups is 1. The highest BCUT2D eigenvalue weighted by Crippen LogP contribution is 2.10. The number of aliphatic hydroxyl groups excluding tert-OH is 1. The average molecular weight is 202 g/mol. The number of H-pyrrole nitrogens is 1. The van der Waals surface area contributed by atoms with Crippen LogP contribution in [0.3, 0.4) is 0 Å². The molecule has 0 saturated heterocycles. The van der Waals surface area contributed by atoms with Gasteiger partial charge in [-0.1, -0.05) is 30.3 Å². The lowest BCUT2D eigenvalue weighted by Crippen LogP contribution is -1.98. The summed E-state index contributed by atoms with van der Waals surface area (Å²) in [4.78, 5) is 7.30. The Morgan fingerprint density at radius 3 is 2.73 bits per heavy atom. The van der Waals surface area contributed by atoms with E-state index in [0.717, 1.165) is 17.8 Å². The number of hydrogen-bond acceptors (Lipinski definition) is 2. The molecular weight excluding hydrogens is 188 g/mol. The Balaban J connectivity index is 2.14. The Morgan fingerprint density at radius 2 is 2.00 bits per heavy atom. The van der Waals surface area contributed by atoms with Crippen molar-refractivity contribution in [2.24, 2.45) is 0 Å². The van der Waals surface area contributed by atoms with Crippen molar-refractivity contribution in [2.75, 3.05) is 6.61 Å². The summed E-state index contributed by atoms with van der Waals surface area (Å²) < 4.78 is 0. The quantitative estimate of drug-likeness (QED) is 0.790. The molecule has 0 amide bonds. The van der Waals surface area contributed by atoms with Gasteiger partial charge in [-0.15, -0.1) is 0 Å². The molecule has 3 nitrogen and oxygen atoms in total. The second kappa shape index (κ2) is 4.75. The van der Waals surface area contributed by atoms with Gasteiger partial charge in [-0.25, -0.2) is 4.98 Å². The van der Waals surface area contributed by atoms with Crippen LogP contribution >= 0.6 is 0 Å². The highest BCUT2D eigenvalue weighted by molar-refractivity contribution is 5.24. The van der Waals surface area contributed by atoms with Gasteiger partial charge in [0.05, 0.1) is 12.0 Å². The molecule has 0 radical (unpaired) electrons. The number of nitrogens with zero attached hydrogens (tertiary/aromatic N) is 1. The van der Waals surface area contributed by atoms with Gasteiger partial charge in [0.25, 0.3) is 0 Å². The first-order valence-corrected chi connectivity index (χ1v) is 5.06. The predicted molar refractivity (Wildman–Crippen MR) is 58.6 cm³/mol. The lowest BCUT2D eigenvalue weighted by atomic mass is 10.1. The van der Waals surface area contributed by atoms with E-state index >= 15 is 0 Å². The predicted octanol–water partition coefficient (Wildman–Crippen LogP) is 1.54. The van der Waals surface area contributed by atoms with Crippen LogP contribution < -0.4 is 0 Å². The van der Waals surface area contributed by atoms with E-state index < -0.39 is 0 Å². The fraction of sp³-hybridized carbons (Fsp3) is 0.250. The Labute approximate surface area is 88.8 Å². The second-order valence-electron chi connectivity index (χ2n) is 3.46. The van der Waals surface area contributed by atoms with Crippen molar-refractivity contribution in [1.82, 2.24) is 9.97 Å². The minimum Gasteiger partial charge on any atom is -0.396 e. The molecule has 2 rings (SSSR count). The summed E-state index contributed by atoms with van der Waals surface area (Å²) in [5.41, 5.74) is 3.30. The SMILES string of the molecule is OCCc1nc[nH]c1Cc1ccccc1. The summed E-state index contributed by atoms with van der Waals surface area (Å²) in [6.07, 6.45) is 3.14. The molecule has 1 heterocycles. The molecular formula is C12H14N2O. The molecule has 0 fully saturated rings. The fourth-order valence-electron chi connectivity index (χ4n) is 1.62. The maximum absolute atomic E-state index is 8.87. The summed E-state index contributed by atoms with van der Waals surface area (Å²) in [7, 11) is 0. The Kier molecular flexibility index (Phi) is 3.15. The third kappa shape index (κ3) is 2.44. The number of imidazole rings is 1. The van der Waals surface area contributed by atoms with Crippen LogP contribution in [0.4, 0.5) is 0 Å². The van der Waals surface area contributed by atoms with E-state index in [1.54, 1.807) is 6.33 Å². The molecule has 0 saturated carbocycles. The van der Waals surface area contributed by atoms with Gasteiger partial charge < -0.3 is 10.1 Å². The Hall–Kier alpha value is -1.61. The maximum Gasteiger partial charge on any atom is 0.0925 e. The van der Waals surface area contributed by atoms with Crippen LogP contribution in [0.5, 0.6) is 0 Å². The highest BCUT2D eigenvalue weighted by atomic mass is 16.3. The summed E-state index contributed by atoms with van der Waals surface area (Å²) >= 11 is 0. The molecule has 1 aromatic heterocycles. The third-order valence-corrected chi connectivity index (χ3v) is 2.38. The van der Waals surface area contributed by atoms with Crippen molar-refractivity contribution in [1.29, 1.82) is 0 Å². The van der Waals surface area contributed by atoms with Crippen molar-refractivity contribution >= 4 is 0 Å². The van der Waals surface area contributed by atoms with Gasteiger partial charge in [0.2, 0.25) is 0 Å². The zero-order valence-electron chi connectivity index (χ0n) is 8.48. The van der Waals surface area contributed by atoms with Crippen molar-refractivity contribution in [3.05, 3.63) is 53.6 Å². The molecule has 2 N–H and O–H groups in total. The molecule has 0 bridgehead atoms. The monoisotopic (exact) mass is 202 g/mol. The van der Waals surface area contributed by atoms with Crippen molar-refractivity contribution in [2.45, 2.75) is 12.8 Å². The van der Waals surface area contributed by atoms with Crippen molar-refractivity contribution in [3.63, 3.8) is 0 Å². The molecule has 2 aromatic rings. The minimum absolute atomic E-state index is 0.145. The molecule has 78 valence electrons. The van der Waals surface area contributed by atoms with Gasteiger partial charge in [-0.3, -0.25) is 0 Å². The summed E-state index contributed by atoms with van der Waals surface area (Å²) in [5, 5.41) is 8.87. The lowest BCUT2D eigenvalue weighted by Gasteiger charge is -2.01. The van der Waals surface area contributed by atoms with Crippen LogP contribution in [0.2, 0.25) is 0 Å². The molecule has 0 unspecified atom stereocenters. The zero-order valence-corrected chi connectivity index (χ0v) is 8.48. The van der Waals surface area contributed by atoms with E-state index in [-0.39, 0.29) is 6.61 Å². The van der Waals surface area contributed by atoms with E-state index in [9.17, 15) is 0 Å². The standard InChI is InChI=1S/C12H14N2O/c15-7-6-11-12(14-9-13-11)8-10-4-2-1-3-5-10/h1-5,9,15H,6-8H2,(H,13,14). The van der Waals surface area contributed by atoms with Gasteiger partial charge in [0.1, 0.15) is 0 Å². The van der Waals surface area contributed by atoms with E-state index in [1.807, 2.05) is 18.2 Å². The summed E-state index contributed by atoms with van der Waals surface area (Å²) in [6.45, 7) is 0.145. The van der Waals surface area contributed by atoms with Crippen LogP contribution in [-0.4, -0.2) is 21.7 Å². The highest BCUT2D eigenvalue weighted by Gasteiger charge is 2.05. The normalized spacial score (nSPS) is 10.5. The average Bonchev–Trinajstić information content (AvgIpc) is 2.68. The van der Waals surface area contributed by atoms with Crippen LogP contribution in [0.15, 0.2) is 36.7 Å². The van der Waals surface area contributed by atoms with E-state index in [2.05, 4.69) is 22.1 Å². The van der Waals surface area contributed by atoms with Crippen LogP contribution in [-0.2, 0) is 12.8 Å². The maximum atomic E-state index is 8.87. The molecule has 15 heavy (non-hydrogen) atoms. The molecule has 0 aliphatic rings. The van der Waals surface area contributed by atoms with E-state index in [4.69, 9.17) is 5.11 Å². The van der Waals surface area contributed by atoms with E-state index in [0.29, 0.717) is 6.42 Å². The van der Waals surface area contributed by atoms with Gasteiger partial charge in [0.15, 0.2) is 0 Å². The van der Waals surface area contributed by atoms with Gasteiger partial charge in [-0.2, -0.15) is 0 Å². The largest absolute Gasteiger partial charge is 0.396 e. The van der Waals surface area contributed by atoms with Crippen LogP contribution in [0.25, 0.3) is 0 Å². The molecule has 0 aliphatic heterocycles. The minimum atomic E-state index is 0.145. The molecule has 0 atom stereocenters. The first-order chi connectivity index (χ1) is 7.40. The number of aromatic amines is 1. The van der Waals surface area contributed by atoms with Crippen LogP contribution in [0.1, 0.15) is 17.0 Å². The Bertz CT molecular complexity index is 409. The van der Waals surface area contributed by atoms with Gasteiger partial charge in [-0.05, 0) is 5.56 Å². The number of benzene rings is 1. The molecule has 3 heteroatoms. The number of rotatable bonds is 4. The van der Waals surface area contributed by atoms with Crippen molar-refractivity contribution < 1.29 is 5.11 Å². The third-order valence-electron chi connectivity index (χ3n) is 2.38. The first-order valence-electron chi connectivity index (χ1n) is 5.06. The first kappa shape index (κ1) is 9.93. The Morgan fingerprint density at radius 1 is 1.20 bits per heavy atom. The van der Waals surface area contributed by atoms with Crippen molar-refractivity contribution in [3.8, 4) is 0 Å². The fourth-order valence-corrected chi connectivity index (χ4v) is 1.62. The number of aromatic nitrogens is 2. The topological polar surface area (TPSA) is 48.9 Å². The summed E-state index contributed by atoms with van der Waals surface area (Å²) in [5.74, 6) is 0.